The van der Waals surface area contributed by atoms with Crippen molar-refractivity contribution in [3.8, 4) is 5.75 Å². The standard InChI is InChI=1S/C25H25N3O3/c1-17(18-8-5-4-6-9-18)14-20-15-23(31-27-20)25(29)28(2)16-19-11-12-22(30-3)24-21(19)10-7-13-26-24/h4-13,15,17H,14,16H2,1-3H3. The maximum absolute atomic E-state index is 12.9. The molecule has 2 heterocycles. The summed E-state index contributed by atoms with van der Waals surface area (Å²) < 4.78 is 10.8. The highest BCUT2D eigenvalue weighted by Crippen LogP contribution is 2.27. The Morgan fingerprint density at radius 3 is 2.71 bits per heavy atom. The number of fused-ring (bicyclic) bond motifs is 1. The van der Waals surface area contributed by atoms with Gasteiger partial charge < -0.3 is 14.2 Å². The average Bonchev–Trinajstić information content (AvgIpc) is 3.27. The van der Waals surface area contributed by atoms with Crippen LogP contribution in [0.3, 0.4) is 0 Å². The van der Waals surface area contributed by atoms with Crippen molar-refractivity contribution in [3.05, 3.63) is 89.4 Å². The smallest absolute Gasteiger partial charge is 0.292 e. The van der Waals surface area contributed by atoms with Crippen molar-refractivity contribution < 1.29 is 14.1 Å². The van der Waals surface area contributed by atoms with Crippen LogP contribution in [-0.2, 0) is 13.0 Å². The maximum atomic E-state index is 12.9. The van der Waals surface area contributed by atoms with E-state index in [4.69, 9.17) is 9.26 Å². The van der Waals surface area contributed by atoms with Crippen LogP contribution in [-0.4, -0.2) is 35.1 Å². The quantitative estimate of drug-likeness (QED) is 0.432. The van der Waals surface area contributed by atoms with Crippen LogP contribution in [0.2, 0.25) is 0 Å². The van der Waals surface area contributed by atoms with E-state index < -0.39 is 0 Å². The molecule has 0 spiro atoms. The van der Waals surface area contributed by atoms with Crippen LogP contribution >= 0.6 is 0 Å². The van der Waals surface area contributed by atoms with E-state index in [1.54, 1.807) is 31.3 Å². The number of amides is 1. The van der Waals surface area contributed by atoms with Crippen molar-refractivity contribution in [1.29, 1.82) is 0 Å². The molecule has 0 saturated heterocycles. The number of hydrogen-bond acceptors (Lipinski definition) is 5. The first-order valence-corrected chi connectivity index (χ1v) is 10.2. The van der Waals surface area contributed by atoms with Gasteiger partial charge in [0.15, 0.2) is 0 Å². The number of pyridine rings is 1. The van der Waals surface area contributed by atoms with E-state index >= 15 is 0 Å². The third kappa shape index (κ3) is 4.43. The van der Waals surface area contributed by atoms with Gasteiger partial charge in [0.1, 0.15) is 11.3 Å². The Labute approximate surface area is 181 Å². The number of methoxy groups -OCH3 is 1. The summed E-state index contributed by atoms with van der Waals surface area (Å²) in [6, 6.07) is 19.7. The predicted octanol–water partition coefficient (Wildman–Crippen LogP) is 4.85. The summed E-state index contributed by atoms with van der Waals surface area (Å²) in [5.41, 5.74) is 3.76. The van der Waals surface area contributed by atoms with Gasteiger partial charge in [0.05, 0.1) is 12.8 Å². The second-order valence-corrected chi connectivity index (χ2v) is 7.69. The van der Waals surface area contributed by atoms with Crippen LogP contribution in [0.25, 0.3) is 10.9 Å². The molecule has 2 aromatic heterocycles. The van der Waals surface area contributed by atoms with Gasteiger partial charge in [0.25, 0.3) is 5.91 Å². The minimum Gasteiger partial charge on any atom is -0.494 e. The second-order valence-electron chi connectivity index (χ2n) is 7.69. The molecule has 1 unspecified atom stereocenters. The molecule has 4 aromatic rings. The Kier molecular flexibility index (Phi) is 5.98. The summed E-state index contributed by atoms with van der Waals surface area (Å²) in [5, 5.41) is 5.07. The van der Waals surface area contributed by atoms with Crippen molar-refractivity contribution in [1.82, 2.24) is 15.0 Å². The van der Waals surface area contributed by atoms with Gasteiger partial charge in [0.2, 0.25) is 5.76 Å². The molecule has 0 aliphatic heterocycles. The fourth-order valence-corrected chi connectivity index (χ4v) is 3.75. The van der Waals surface area contributed by atoms with Gasteiger partial charge in [-0.2, -0.15) is 0 Å². The lowest BCUT2D eigenvalue weighted by Crippen LogP contribution is -2.26. The molecule has 0 fully saturated rings. The first-order chi connectivity index (χ1) is 15.1. The fraction of sp³-hybridized carbons (Fsp3) is 0.240. The average molecular weight is 415 g/mol. The van der Waals surface area contributed by atoms with Crippen LogP contribution in [0.5, 0.6) is 5.75 Å². The zero-order valence-corrected chi connectivity index (χ0v) is 17.9. The predicted molar refractivity (Wildman–Crippen MR) is 119 cm³/mol. The van der Waals surface area contributed by atoms with Crippen LogP contribution in [0.1, 0.15) is 40.2 Å². The van der Waals surface area contributed by atoms with E-state index in [9.17, 15) is 4.79 Å². The largest absolute Gasteiger partial charge is 0.494 e. The molecule has 4 rings (SSSR count). The molecular weight excluding hydrogens is 390 g/mol. The van der Waals surface area contributed by atoms with Gasteiger partial charge in [-0.1, -0.05) is 54.5 Å². The molecule has 0 N–H and O–H groups in total. The summed E-state index contributed by atoms with van der Waals surface area (Å²) in [5.74, 6) is 1.03. The van der Waals surface area contributed by atoms with Crippen LogP contribution < -0.4 is 4.74 Å². The van der Waals surface area contributed by atoms with Gasteiger partial charge in [0, 0.05) is 31.2 Å². The third-order valence-corrected chi connectivity index (χ3v) is 5.45. The van der Waals surface area contributed by atoms with Gasteiger partial charge in [-0.3, -0.25) is 9.78 Å². The van der Waals surface area contributed by atoms with Crippen molar-refractivity contribution in [2.24, 2.45) is 0 Å². The summed E-state index contributed by atoms with van der Waals surface area (Å²) in [6.07, 6.45) is 2.44. The van der Waals surface area contributed by atoms with Crippen molar-refractivity contribution >= 4 is 16.8 Å². The summed E-state index contributed by atoms with van der Waals surface area (Å²) >= 11 is 0. The molecule has 6 nitrogen and oxygen atoms in total. The molecular formula is C25H25N3O3. The lowest BCUT2D eigenvalue weighted by atomic mass is 9.96. The summed E-state index contributed by atoms with van der Waals surface area (Å²) in [7, 11) is 3.38. The van der Waals surface area contributed by atoms with E-state index in [2.05, 4.69) is 29.2 Å². The lowest BCUT2D eigenvalue weighted by molar-refractivity contribution is 0.0744. The Morgan fingerprint density at radius 2 is 1.94 bits per heavy atom. The van der Waals surface area contributed by atoms with Gasteiger partial charge in [-0.25, -0.2) is 0 Å². The third-order valence-electron chi connectivity index (χ3n) is 5.45. The topological polar surface area (TPSA) is 68.5 Å². The molecule has 1 amide bonds. The molecule has 2 aromatic carbocycles. The van der Waals surface area contributed by atoms with Crippen molar-refractivity contribution in [2.45, 2.75) is 25.8 Å². The Morgan fingerprint density at radius 1 is 1.13 bits per heavy atom. The maximum Gasteiger partial charge on any atom is 0.292 e. The number of nitrogens with zero attached hydrogens (tertiary/aromatic N) is 3. The number of carbonyl (C=O) groups excluding carboxylic acids is 1. The molecule has 0 aliphatic rings. The monoisotopic (exact) mass is 415 g/mol. The molecule has 0 bridgehead atoms. The van der Waals surface area contributed by atoms with Gasteiger partial charge in [-0.05, 0) is 35.6 Å². The van der Waals surface area contributed by atoms with Crippen LogP contribution in [0.15, 0.2) is 71.4 Å². The lowest BCUT2D eigenvalue weighted by Gasteiger charge is -2.17. The minimum atomic E-state index is -0.209. The van der Waals surface area contributed by atoms with Crippen molar-refractivity contribution in [3.63, 3.8) is 0 Å². The van der Waals surface area contributed by atoms with E-state index in [-0.39, 0.29) is 17.6 Å². The van der Waals surface area contributed by atoms with E-state index in [1.807, 2.05) is 42.5 Å². The number of rotatable bonds is 7. The van der Waals surface area contributed by atoms with Gasteiger partial charge >= 0.3 is 0 Å². The minimum absolute atomic E-state index is 0.209. The molecule has 0 saturated carbocycles. The Bertz CT molecular complexity index is 1190. The molecule has 0 radical (unpaired) electrons. The molecule has 31 heavy (non-hydrogen) atoms. The van der Waals surface area contributed by atoms with E-state index in [0.717, 1.165) is 22.2 Å². The zero-order valence-electron chi connectivity index (χ0n) is 17.9. The number of carbonyl (C=O) groups is 1. The Hall–Kier alpha value is -3.67. The van der Waals surface area contributed by atoms with Crippen molar-refractivity contribution in [2.75, 3.05) is 14.2 Å². The first kappa shape index (κ1) is 20.6. The SMILES string of the molecule is COc1ccc(CN(C)C(=O)c2cc(CC(C)c3ccccc3)no2)c2cccnc12. The number of aromatic nitrogens is 2. The fourth-order valence-electron chi connectivity index (χ4n) is 3.75. The zero-order chi connectivity index (χ0) is 21.8. The van der Waals surface area contributed by atoms with E-state index in [1.165, 1.54) is 5.56 Å². The number of ether oxygens (including phenoxy) is 1. The summed E-state index contributed by atoms with van der Waals surface area (Å²) in [4.78, 5) is 19.0. The normalized spacial score (nSPS) is 12.0. The molecule has 0 aliphatic carbocycles. The highest BCUT2D eigenvalue weighted by atomic mass is 16.5. The Balaban J connectivity index is 1.48. The first-order valence-electron chi connectivity index (χ1n) is 10.2. The van der Waals surface area contributed by atoms with Crippen LogP contribution in [0.4, 0.5) is 0 Å². The highest BCUT2D eigenvalue weighted by Gasteiger charge is 2.20. The number of benzene rings is 2. The molecule has 6 heteroatoms. The van der Waals surface area contributed by atoms with Crippen LogP contribution in [0, 0.1) is 0 Å². The second kappa shape index (κ2) is 9.00. The highest BCUT2D eigenvalue weighted by molar-refractivity contribution is 5.92. The molecule has 1 atom stereocenters. The van der Waals surface area contributed by atoms with Gasteiger partial charge in [-0.15, -0.1) is 0 Å². The number of hydrogen-bond donors (Lipinski definition) is 0. The van der Waals surface area contributed by atoms with E-state index in [0.29, 0.717) is 18.7 Å². The summed E-state index contributed by atoms with van der Waals surface area (Å²) in [6.45, 7) is 2.56. The molecule has 158 valence electrons.